The van der Waals surface area contributed by atoms with Gasteiger partial charge in [-0.05, 0) is 70.9 Å². The SMILES string of the molecule is c1cc(-c2ccc(C3CCCC3)cc2)ccc1-c1ccc(C2CCCC2)cc1. The van der Waals surface area contributed by atoms with Crippen molar-refractivity contribution >= 4 is 0 Å². The zero-order valence-corrected chi connectivity index (χ0v) is 16.7. The highest BCUT2D eigenvalue weighted by molar-refractivity contribution is 5.70. The van der Waals surface area contributed by atoms with Gasteiger partial charge >= 0.3 is 0 Å². The van der Waals surface area contributed by atoms with Crippen LogP contribution in [0.1, 0.15) is 74.3 Å². The highest BCUT2D eigenvalue weighted by Gasteiger charge is 2.17. The Labute approximate surface area is 169 Å². The Morgan fingerprint density at radius 2 is 0.607 bits per heavy atom. The standard InChI is InChI=1S/C28H30/c1-2-6-21(5-1)23-9-13-25(14-10-23)27-17-19-28(20-18-27)26-15-11-24(12-16-26)22-7-3-4-8-22/h9-22H,1-8H2. The van der Waals surface area contributed by atoms with Gasteiger partial charge in [0.25, 0.3) is 0 Å². The van der Waals surface area contributed by atoms with Crippen LogP contribution in [0.15, 0.2) is 72.8 Å². The third-order valence-corrected chi connectivity index (χ3v) is 7.03. The van der Waals surface area contributed by atoms with Gasteiger partial charge in [0.05, 0.1) is 0 Å². The molecule has 0 radical (unpaired) electrons. The predicted octanol–water partition coefficient (Wildman–Crippen LogP) is 8.34. The highest BCUT2D eigenvalue weighted by atomic mass is 14.2. The zero-order chi connectivity index (χ0) is 18.8. The van der Waals surface area contributed by atoms with Crippen molar-refractivity contribution < 1.29 is 0 Å². The van der Waals surface area contributed by atoms with E-state index < -0.39 is 0 Å². The van der Waals surface area contributed by atoms with Crippen LogP contribution >= 0.6 is 0 Å². The summed E-state index contributed by atoms with van der Waals surface area (Å²) in [6.45, 7) is 0. The number of hydrogen-bond acceptors (Lipinski definition) is 0. The Morgan fingerprint density at radius 3 is 0.893 bits per heavy atom. The molecule has 0 unspecified atom stereocenters. The van der Waals surface area contributed by atoms with E-state index in [0.717, 1.165) is 11.8 Å². The molecule has 2 saturated carbocycles. The van der Waals surface area contributed by atoms with Crippen molar-refractivity contribution in [2.45, 2.75) is 63.2 Å². The molecular formula is C28H30. The third-order valence-electron chi connectivity index (χ3n) is 7.03. The van der Waals surface area contributed by atoms with Gasteiger partial charge in [0.15, 0.2) is 0 Å². The van der Waals surface area contributed by atoms with E-state index in [0.29, 0.717) is 0 Å². The van der Waals surface area contributed by atoms with E-state index in [1.807, 2.05) is 0 Å². The molecule has 0 N–H and O–H groups in total. The second-order valence-electron chi connectivity index (χ2n) is 8.78. The van der Waals surface area contributed by atoms with Crippen molar-refractivity contribution in [3.8, 4) is 22.3 Å². The summed E-state index contributed by atoms with van der Waals surface area (Å²) in [4.78, 5) is 0. The number of rotatable bonds is 4. The first-order valence-corrected chi connectivity index (χ1v) is 11.2. The maximum absolute atomic E-state index is 2.35. The smallest absolute Gasteiger partial charge is 0.0162 e. The van der Waals surface area contributed by atoms with E-state index >= 15 is 0 Å². The molecule has 5 rings (SSSR count). The van der Waals surface area contributed by atoms with Crippen LogP contribution in [-0.4, -0.2) is 0 Å². The summed E-state index contributed by atoms with van der Waals surface area (Å²) in [6.07, 6.45) is 11.1. The van der Waals surface area contributed by atoms with Crippen LogP contribution in [0.4, 0.5) is 0 Å². The lowest BCUT2D eigenvalue weighted by atomic mass is 9.93. The van der Waals surface area contributed by atoms with Crippen LogP contribution in [0.5, 0.6) is 0 Å². The fourth-order valence-electron chi connectivity index (χ4n) is 5.27. The second-order valence-corrected chi connectivity index (χ2v) is 8.78. The van der Waals surface area contributed by atoms with Crippen LogP contribution in [0.25, 0.3) is 22.3 Å². The molecule has 0 amide bonds. The van der Waals surface area contributed by atoms with E-state index in [1.54, 1.807) is 0 Å². The minimum absolute atomic E-state index is 0.795. The monoisotopic (exact) mass is 366 g/mol. The Kier molecular flexibility index (Phi) is 5.04. The van der Waals surface area contributed by atoms with Gasteiger partial charge in [0, 0.05) is 0 Å². The van der Waals surface area contributed by atoms with Gasteiger partial charge in [0.1, 0.15) is 0 Å². The average molecular weight is 367 g/mol. The lowest BCUT2D eigenvalue weighted by Gasteiger charge is -2.12. The summed E-state index contributed by atoms with van der Waals surface area (Å²) in [5.41, 5.74) is 8.32. The molecular weight excluding hydrogens is 336 g/mol. The minimum Gasteiger partial charge on any atom is -0.0581 e. The third kappa shape index (κ3) is 3.65. The summed E-state index contributed by atoms with van der Waals surface area (Å²) < 4.78 is 0. The van der Waals surface area contributed by atoms with Crippen molar-refractivity contribution in [3.05, 3.63) is 83.9 Å². The quantitative estimate of drug-likeness (QED) is 0.435. The molecule has 0 aromatic heterocycles. The molecule has 0 heteroatoms. The van der Waals surface area contributed by atoms with Crippen LogP contribution in [0.3, 0.4) is 0 Å². The molecule has 28 heavy (non-hydrogen) atoms. The van der Waals surface area contributed by atoms with Crippen molar-refractivity contribution in [2.75, 3.05) is 0 Å². The van der Waals surface area contributed by atoms with Gasteiger partial charge < -0.3 is 0 Å². The lowest BCUT2D eigenvalue weighted by molar-refractivity contribution is 0.723. The first-order valence-electron chi connectivity index (χ1n) is 11.2. The van der Waals surface area contributed by atoms with Gasteiger partial charge in [-0.2, -0.15) is 0 Å². The fourth-order valence-corrected chi connectivity index (χ4v) is 5.27. The van der Waals surface area contributed by atoms with Gasteiger partial charge in [-0.25, -0.2) is 0 Å². The van der Waals surface area contributed by atoms with E-state index in [-0.39, 0.29) is 0 Å². The zero-order valence-electron chi connectivity index (χ0n) is 16.7. The van der Waals surface area contributed by atoms with Crippen molar-refractivity contribution in [1.82, 2.24) is 0 Å². The maximum atomic E-state index is 2.35. The van der Waals surface area contributed by atoms with Gasteiger partial charge in [0.2, 0.25) is 0 Å². The van der Waals surface area contributed by atoms with Crippen molar-refractivity contribution in [2.24, 2.45) is 0 Å². The highest BCUT2D eigenvalue weighted by Crippen LogP contribution is 2.36. The van der Waals surface area contributed by atoms with Gasteiger partial charge in [-0.15, -0.1) is 0 Å². The summed E-state index contributed by atoms with van der Waals surface area (Å²) in [5.74, 6) is 1.59. The maximum Gasteiger partial charge on any atom is -0.0162 e. The van der Waals surface area contributed by atoms with Crippen molar-refractivity contribution in [3.63, 3.8) is 0 Å². The fraction of sp³-hybridized carbons (Fsp3) is 0.357. The summed E-state index contributed by atoms with van der Waals surface area (Å²) in [7, 11) is 0. The van der Waals surface area contributed by atoms with E-state index in [1.165, 1.54) is 84.7 Å². The van der Waals surface area contributed by atoms with E-state index in [9.17, 15) is 0 Å². The van der Waals surface area contributed by atoms with Gasteiger partial charge in [-0.1, -0.05) is 98.5 Å². The molecule has 3 aromatic carbocycles. The average Bonchev–Trinajstić information content (AvgIpc) is 3.49. The largest absolute Gasteiger partial charge is 0.0581 e. The molecule has 0 heterocycles. The molecule has 2 aliphatic rings. The van der Waals surface area contributed by atoms with Gasteiger partial charge in [-0.3, -0.25) is 0 Å². The van der Waals surface area contributed by atoms with Crippen LogP contribution in [-0.2, 0) is 0 Å². The van der Waals surface area contributed by atoms with Crippen LogP contribution in [0, 0.1) is 0 Å². The Hall–Kier alpha value is -2.34. The molecule has 0 atom stereocenters. The Balaban J connectivity index is 1.31. The predicted molar refractivity (Wildman–Crippen MR) is 120 cm³/mol. The summed E-state index contributed by atoms with van der Waals surface area (Å²) in [5, 5.41) is 0. The summed E-state index contributed by atoms with van der Waals surface area (Å²) in [6, 6.07) is 27.7. The van der Waals surface area contributed by atoms with Crippen LogP contribution < -0.4 is 0 Å². The van der Waals surface area contributed by atoms with E-state index in [2.05, 4.69) is 72.8 Å². The molecule has 142 valence electrons. The van der Waals surface area contributed by atoms with E-state index in [4.69, 9.17) is 0 Å². The molecule has 0 saturated heterocycles. The number of hydrogen-bond donors (Lipinski definition) is 0. The molecule has 0 bridgehead atoms. The Morgan fingerprint density at radius 1 is 0.357 bits per heavy atom. The summed E-state index contributed by atoms with van der Waals surface area (Å²) >= 11 is 0. The second kappa shape index (κ2) is 7.95. The molecule has 3 aromatic rings. The molecule has 2 fully saturated rings. The molecule has 0 aliphatic heterocycles. The molecule has 0 nitrogen and oxygen atoms in total. The normalized spacial score (nSPS) is 18.0. The Bertz CT molecular complexity index is 809. The first-order chi connectivity index (χ1) is 13.9. The van der Waals surface area contributed by atoms with Crippen LogP contribution in [0.2, 0.25) is 0 Å². The van der Waals surface area contributed by atoms with Crippen molar-refractivity contribution in [1.29, 1.82) is 0 Å². The minimum atomic E-state index is 0.795. The number of benzene rings is 3. The lowest BCUT2D eigenvalue weighted by Crippen LogP contribution is -1.92. The molecule has 0 spiro atoms. The first kappa shape index (κ1) is 17.7. The molecule has 2 aliphatic carbocycles. The topological polar surface area (TPSA) is 0 Å².